The molecule has 0 aromatic heterocycles. The van der Waals surface area contributed by atoms with Crippen LogP contribution in [0.25, 0.3) is 0 Å². The van der Waals surface area contributed by atoms with Gasteiger partial charge < -0.3 is 24.1 Å². The Morgan fingerprint density at radius 2 is 1.33 bits per heavy atom. The van der Waals surface area contributed by atoms with Gasteiger partial charge in [0.15, 0.2) is 0 Å². The second-order valence-corrected chi connectivity index (χ2v) is 3.18. The van der Waals surface area contributed by atoms with Crippen LogP contribution in [0.4, 0.5) is 0 Å². The maximum Gasteiger partial charge on any atom is 0.0700 e. The molecule has 92 valence electrons. The number of hydrogen-bond acceptors (Lipinski definition) is 5. The van der Waals surface area contributed by atoms with Crippen LogP contribution in [0, 0.1) is 5.92 Å². The smallest absolute Gasteiger partial charge is 0.0700 e. The van der Waals surface area contributed by atoms with Crippen molar-refractivity contribution in [2.24, 2.45) is 5.92 Å². The highest BCUT2D eigenvalue weighted by Crippen LogP contribution is 1.97. The lowest BCUT2D eigenvalue weighted by Crippen LogP contribution is -2.22. The Morgan fingerprint density at radius 3 is 1.67 bits per heavy atom. The minimum Gasteiger partial charge on any atom is -0.396 e. The van der Waals surface area contributed by atoms with E-state index < -0.39 is 0 Å². The predicted octanol–water partition coefficient (Wildman–Crippen LogP) is -0.0791. The van der Waals surface area contributed by atoms with Crippen LogP contribution in [0.15, 0.2) is 0 Å². The molecule has 5 heteroatoms. The van der Waals surface area contributed by atoms with Crippen LogP contribution in [0.2, 0.25) is 0 Å². The first kappa shape index (κ1) is 14.8. The van der Waals surface area contributed by atoms with Gasteiger partial charge in [-0.1, -0.05) is 0 Å². The summed E-state index contributed by atoms with van der Waals surface area (Å²) in [6.45, 7) is 3.29. The van der Waals surface area contributed by atoms with E-state index in [1.807, 2.05) is 0 Å². The zero-order chi connectivity index (χ0) is 11.4. The van der Waals surface area contributed by atoms with Gasteiger partial charge in [-0.2, -0.15) is 0 Å². The lowest BCUT2D eigenvalue weighted by atomic mass is 10.2. The van der Waals surface area contributed by atoms with Gasteiger partial charge in [-0.05, 0) is 0 Å². The molecule has 0 aliphatic carbocycles. The molecule has 0 aliphatic rings. The zero-order valence-corrected chi connectivity index (χ0v) is 9.61. The van der Waals surface area contributed by atoms with E-state index in [0.29, 0.717) is 39.6 Å². The molecular formula is C10H22O5. The van der Waals surface area contributed by atoms with E-state index >= 15 is 0 Å². The number of aliphatic hydroxyl groups is 1. The van der Waals surface area contributed by atoms with Crippen LogP contribution >= 0.6 is 0 Å². The average molecular weight is 222 g/mol. The minimum absolute atomic E-state index is 0.0266. The molecule has 0 bridgehead atoms. The third-order valence-electron chi connectivity index (χ3n) is 1.83. The lowest BCUT2D eigenvalue weighted by molar-refractivity contribution is -0.00823. The summed E-state index contributed by atoms with van der Waals surface area (Å²) in [6.07, 6.45) is 0. The van der Waals surface area contributed by atoms with Crippen LogP contribution in [-0.2, 0) is 18.9 Å². The highest BCUT2D eigenvalue weighted by molar-refractivity contribution is 4.54. The Balaban J connectivity index is 3.29. The Bertz CT molecular complexity index is 108. The molecule has 0 atom stereocenters. The molecule has 0 spiro atoms. The molecule has 0 aromatic carbocycles. The quantitative estimate of drug-likeness (QED) is 0.496. The minimum atomic E-state index is 0.0266. The van der Waals surface area contributed by atoms with E-state index in [0.717, 1.165) is 0 Å². The van der Waals surface area contributed by atoms with Crippen molar-refractivity contribution < 1.29 is 24.1 Å². The predicted molar refractivity (Wildman–Crippen MR) is 56.0 cm³/mol. The second-order valence-electron chi connectivity index (χ2n) is 3.18. The molecule has 0 saturated heterocycles. The molecule has 0 fully saturated rings. The summed E-state index contributed by atoms with van der Waals surface area (Å²) in [7, 11) is 3.25. The lowest BCUT2D eigenvalue weighted by Gasteiger charge is -2.14. The van der Waals surface area contributed by atoms with Crippen molar-refractivity contribution in [1.29, 1.82) is 0 Å². The monoisotopic (exact) mass is 222 g/mol. The Kier molecular flexibility index (Phi) is 11.7. The molecule has 0 unspecified atom stereocenters. The summed E-state index contributed by atoms with van der Waals surface area (Å²) >= 11 is 0. The first-order valence-electron chi connectivity index (χ1n) is 5.09. The number of hydrogen-bond donors (Lipinski definition) is 1. The second kappa shape index (κ2) is 11.9. The zero-order valence-electron chi connectivity index (χ0n) is 9.61. The van der Waals surface area contributed by atoms with Gasteiger partial charge in [0, 0.05) is 20.1 Å². The number of rotatable bonds is 11. The summed E-state index contributed by atoms with van der Waals surface area (Å²) in [5.41, 5.74) is 0. The molecule has 0 aromatic rings. The molecule has 15 heavy (non-hydrogen) atoms. The molecule has 0 amide bonds. The fraction of sp³-hybridized carbons (Fsp3) is 1.00. The van der Waals surface area contributed by atoms with Gasteiger partial charge in [-0.25, -0.2) is 0 Å². The van der Waals surface area contributed by atoms with Crippen LogP contribution < -0.4 is 0 Å². The van der Waals surface area contributed by atoms with Crippen molar-refractivity contribution in [2.75, 3.05) is 60.5 Å². The summed E-state index contributed by atoms with van der Waals surface area (Å²) < 4.78 is 20.2. The van der Waals surface area contributed by atoms with Crippen LogP contribution in [-0.4, -0.2) is 65.6 Å². The highest BCUT2D eigenvalue weighted by Gasteiger charge is 2.07. The Morgan fingerprint density at radius 1 is 0.867 bits per heavy atom. The van der Waals surface area contributed by atoms with E-state index in [1.54, 1.807) is 14.2 Å². The molecule has 0 heterocycles. The van der Waals surface area contributed by atoms with Gasteiger partial charge in [-0.3, -0.25) is 0 Å². The summed E-state index contributed by atoms with van der Waals surface area (Å²) in [6, 6.07) is 0. The van der Waals surface area contributed by atoms with Gasteiger partial charge in [0.2, 0.25) is 0 Å². The molecule has 0 aliphatic heterocycles. The molecule has 0 rings (SSSR count). The first-order chi connectivity index (χ1) is 7.35. The number of ether oxygens (including phenoxy) is 4. The highest BCUT2D eigenvalue weighted by atomic mass is 16.5. The van der Waals surface area contributed by atoms with Crippen molar-refractivity contribution in [2.45, 2.75) is 0 Å². The van der Waals surface area contributed by atoms with E-state index in [9.17, 15) is 0 Å². The van der Waals surface area contributed by atoms with Crippen LogP contribution in [0.3, 0.4) is 0 Å². The van der Waals surface area contributed by atoms with Gasteiger partial charge in [0.25, 0.3) is 0 Å². The molecular weight excluding hydrogens is 200 g/mol. The molecule has 5 nitrogen and oxygen atoms in total. The maximum absolute atomic E-state index is 9.02. The van der Waals surface area contributed by atoms with E-state index in [-0.39, 0.29) is 12.5 Å². The van der Waals surface area contributed by atoms with Crippen LogP contribution in [0.1, 0.15) is 0 Å². The fourth-order valence-corrected chi connectivity index (χ4v) is 0.938. The topological polar surface area (TPSA) is 57.2 Å². The third kappa shape index (κ3) is 10.1. The summed E-state index contributed by atoms with van der Waals surface area (Å²) in [4.78, 5) is 0. The maximum atomic E-state index is 9.02. The van der Waals surface area contributed by atoms with E-state index in [2.05, 4.69) is 0 Å². The SMILES string of the molecule is COCCOCC(CO)COCCOC. The van der Waals surface area contributed by atoms with Gasteiger partial charge >= 0.3 is 0 Å². The first-order valence-corrected chi connectivity index (χ1v) is 5.09. The largest absolute Gasteiger partial charge is 0.396 e. The Hall–Kier alpha value is -0.200. The van der Waals surface area contributed by atoms with E-state index in [1.165, 1.54) is 0 Å². The van der Waals surface area contributed by atoms with Crippen molar-refractivity contribution in [3.05, 3.63) is 0 Å². The molecule has 0 saturated carbocycles. The normalized spacial score (nSPS) is 11.2. The van der Waals surface area contributed by atoms with Gasteiger partial charge in [-0.15, -0.1) is 0 Å². The molecule has 0 radical (unpaired) electrons. The summed E-state index contributed by atoms with van der Waals surface area (Å²) in [5.74, 6) is 0.0266. The molecule has 1 N–H and O–H groups in total. The van der Waals surface area contributed by atoms with E-state index in [4.69, 9.17) is 24.1 Å². The average Bonchev–Trinajstić information content (AvgIpc) is 2.27. The van der Waals surface area contributed by atoms with Crippen molar-refractivity contribution in [1.82, 2.24) is 0 Å². The Labute approximate surface area is 91.3 Å². The van der Waals surface area contributed by atoms with Crippen molar-refractivity contribution >= 4 is 0 Å². The van der Waals surface area contributed by atoms with Gasteiger partial charge in [0.05, 0.1) is 46.2 Å². The van der Waals surface area contributed by atoms with Crippen molar-refractivity contribution in [3.8, 4) is 0 Å². The standard InChI is InChI=1S/C10H22O5/c1-12-3-5-14-8-10(7-11)9-15-6-4-13-2/h10-11H,3-9H2,1-2H3. The van der Waals surface area contributed by atoms with Crippen molar-refractivity contribution in [3.63, 3.8) is 0 Å². The summed E-state index contributed by atoms with van der Waals surface area (Å²) in [5, 5.41) is 9.02. The van der Waals surface area contributed by atoms with Gasteiger partial charge in [0.1, 0.15) is 0 Å². The third-order valence-corrected chi connectivity index (χ3v) is 1.83. The van der Waals surface area contributed by atoms with Crippen LogP contribution in [0.5, 0.6) is 0 Å². The fourth-order valence-electron chi connectivity index (χ4n) is 0.938. The number of aliphatic hydroxyl groups excluding tert-OH is 1. The number of methoxy groups -OCH3 is 2.